The molecule has 0 aliphatic heterocycles. The first kappa shape index (κ1) is 14.1. The van der Waals surface area contributed by atoms with Crippen molar-refractivity contribution in [3.63, 3.8) is 0 Å². The third kappa shape index (κ3) is 2.50. The van der Waals surface area contributed by atoms with Crippen LogP contribution in [-0.2, 0) is 13.2 Å². The van der Waals surface area contributed by atoms with Crippen molar-refractivity contribution in [3.8, 4) is 22.8 Å². The zero-order valence-corrected chi connectivity index (χ0v) is 11.5. The van der Waals surface area contributed by atoms with E-state index in [1.165, 1.54) is 0 Å². The summed E-state index contributed by atoms with van der Waals surface area (Å²) in [6.07, 6.45) is 1.72. The Bertz CT molecular complexity index is 608. The molecule has 1 heterocycles. The Balaban J connectivity index is 2.55. The van der Waals surface area contributed by atoms with Crippen LogP contribution >= 0.6 is 0 Å². The fourth-order valence-electron chi connectivity index (χ4n) is 2.00. The topological polar surface area (TPSA) is 69.4 Å². The predicted octanol–water partition coefficient (Wildman–Crippen LogP) is 1.64. The number of allylic oxidation sites excluding steroid dienone is 1. The fraction of sp³-hybridized carbons (Fsp3) is 0.286. The first-order chi connectivity index (χ1) is 9.74. The van der Waals surface area contributed by atoms with Gasteiger partial charge in [-0.1, -0.05) is 11.3 Å². The third-order valence-corrected chi connectivity index (χ3v) is 2.91. The smallest absolute Gasteiger partial charge is 0.161 e. The molecule has 0 spiro atoms. The van der Waals surface area contributed by atoms with E-state index in [-0.39, 0.29) is 6.61 Å². The summed E-state index contributed by atoms with van der Waals surface area (Å²) < 4.78 is 12.2. The minimum Gasteiger partial charge on any atom is -0.493 e. The Labute approximate surface area is 117 Å². The molecule has 1 aromatic carbocycles. The van der Waals surface area contributed by atoms with Gasteiger partial charge in [-0.3, -0.25) is 0 Å². The molecular weight excluding hydrogens is 258 g/mol. The quantitative estimate of drug-likeness (QED) is 0.812. The van der Waals surface area contributed by atoms with Crippen LogP contribution in [0, 0.1) is 0 Å². The van der Waals surface area contributed by atoms with Crippen molar-refractivity contribution in [2.45, 2.75) is 13.2 Å². The van der Waals surface area contributed by atoms with Crippen LogP contribution in [0.2, 0.25) is 0 Å². The van der Waals surface area contributed by atoms with Crippen molar-refractivity contribution in [3.05, 3.63) is 36.5 Å². The molecule has 1 N–H and O–H groups in total. The maximum Gasteiger partial charge on any atom is 0.161 e. The largest absolute Gasteiger partial charge is 0.493 e. The van der Waals surface area contributed by atoms with Gasteiger partial charge in [0.05, 0.1) is 33.1 Å². The molecule has 2 aromatic rings. The number of aliphatic hydroxyl groups is 1. The first-order valence-electron chi connectivity index (χ1n) is 6.11. The minimum atomic E-state index is -0.180. The number of nitrogens with zero attached hydrogens (tertiary/aromatic N) is 3. The van der Waals surface area contributed by atoms with Crippen LogP contribution in [-0.4, -0.2) is 34.3 Å². The molecule has 0 saturated carbocycles. The van der Waals surface area contributed by atoms with E-state index in [0.29, 0.717) is 23.7 Å². The van der Waals surface area contributed by atoms with Gasteiger partial charge in [0.25, 0.3) is 0 Å². The predicted molar refractivity (Wildman–Crippen MR) is 74.7 cm³/mol. The van der Waals surface area contributed by atoms with Gasteiger partial charge in [0.1, 0.15) is 5.69 Å². The highest BCUT2D eigenvalue weighted by Crippen LogP contribution is 2.33. The van der Waals surface area contributed by atoms with Gasteiger partial charge in [0.15, 0.2) is 11.5 Å². The van der Waals surface area contributed by atoms with Gasteiger partial charge in [0.2, 0.25) is 0 Å². The number of benzene rings is 1. The Hall–Kier alpha value is -2.34. The van der Waals surface area contributed by atoms with Crippen molar-refractivity contribution in [2.75, 3.05) is 14.2 Å². The number of rotatable bonds is 6. The van der Waals surface area contributed by atoms with Gasteiger partial charge < -0.3 is 14.6 Å². The normalized spacial score (nSPS) is 10.3. The number of aliphatic hydroxyl groups excluding tert-OH is 1. The maximum absolute atomic E-state index is 9.39. The zero-order valence-electron chi connectivity index (χ0n) is 11.5. The van der Waals surface area contributed by atoms with E-state index in [1.54, 1.807) is 31.0 Å². The highest BCUT2D eigenvalue weighted by molar-refractivity contribution is 5.66. The molecule has 0 saturated heterocycles. The average molecular weight is 275 g/mol. The molecule has 0 amide bonds. The Morgan fingerprint density at radius 2 is 2.05 bits per heavy atom. The SMILES string of the molecule is C=CCn1nnc(CO)c1-c1ccc(OC)c(OC)c1. The van der Waals surface area contributed by atoms with E-state index in [1.807, 2.05) is 12.1 Å². The van der Waals surface area contributed by atoms with E-state index in [9.17, 15) is 5.11 Å². The second-order valence-corrected chi connectivity index (χ2v) is 4.08. The van der Waals surface area contributed by atoms with E-state index in [2.05, 4.69) is 16.9 Å². The number of ether oxygens (including phenoxy) is 2. The molecule has 1 aromatic heterocycles. The molecule has 0 aliphatic carbocycles. The lowest BCUT2D eigenvalue weighted by Crippen LogP contribution is -2.01. The van der Waals surface area contributed by atoms with Crippen LogP contribution in [0.3, 0.4) is 0 Å². The van der Waals surface area contributed by atoms with Crippen LogP contribution < -0.4 is 9.47 Å². The van der Waals surface area contributed by atoms with E-state index in [4.69, 9.17) is 9.47 Å². The molecule has 106 valence electrons. The maximum atomic E-state index is 9.39. The molecule has 0 atom stereocenters. The molecule has 6 nitrogen and oxygen atoms in total. The zero-order chi connectivity index (χ0) is 14.5. The number of aromatic nitrogens is 3. The summed E-state index contributed by atoms with van der Waals surface area (Å²) in [5.41, 5.74) is 2.10. The average Bonchev–Trinajstić information content (AvgIpc) is 2.89. The molecule has 20 heavy (non-hydrogen) atoms. The Kier molecular flexibility index (Phi) is 4.37. The molecule has 0 fully saturated rings. The van der Waals surface area contributed by atoms with Gasteiger partial charge in [-0.05, 0) is 18.2 Å². The van der Waals surface area contributed by atoms with Gasteiger partial charge in [0, 0.05) is 5.56 Å². The number of hydrogen-bond donors (Lipinski definition) is 1. The first-order valence-corrected chi connectivity index (χ1v) is 6.11. The Morgan fingerprint density at radius 3 is 2.65 bits per heavy atom. The molecule has 0 aliphatic rings. The van der Waals surface area contributed by atoms with Crippen molar-refractivity contribution in [2.24, 2.45) is 0 Å². The highest BCUT2D eigenvalue weighted by Gasteiger charge is 2.15. The molecule has 2 rings (SSSR count). The monoisotopic (exact) mass is 275 g/mol. The van der Waals surface area contributed by atoms with Crippen molar-refractivity contribution in [1.29, 1.82) is 0 Å². The standard InChI is InChI=1S/C14H17N3O3/c1-4-7-17-14(11(9-18)15-16-17)10-5-6-12(19-2)13(8-10)20-3/h4-6,8,18H,1,7,9H2,2-3H3. The van der Waals surface area contributed by atoms with Crippen LogP contribution in [0.1, 0.15) is 5.69 Å². The number of hydrogen-bond acceptors (Lipinski definition) is 5. The summed E-state index contributed by atoms with van der Waals surface area (Å²) in [6, 6.07) is 5.51. The molecule has 0 radical (unpaired) electrons. The Morgan fingerprint density at radius 1 is 1.30 bits per heavy atom. The van der Waals surface area contributed by atoms with E-state index < -0.39 is 0 Å². The lowest BCUT2D eigenvalue weighted by atomic mass is 10.1. The van der Waals surface area contributed by atoms with Gasteiger partial charge in [-0.25, -0.2) is 4.68 Å². The van der Waals surface area contributed by atoms with Gasteiger partial charge in [-0.2, -0.15) is 0 Å². The molecule has 6 heteroatoms. The summed E-state index contributed by atoms with van der Waals surface area (Å²) in [7, 11) is 3.16. The highest BCUT2D eigenvalue weighted by atomic mass is 16.5. The van der Waals surface area contributed by atoms with Crippen molar-refractivity contribution in [1.82, 2.24) is 15.0 Å². The second-order valence-electron chi connectivity index (χ2n) is 4.08. The minimum absolute atomic E-state index is 0.180. The van der Waals surface area contributed by atoms with E-state index >= 15 is 0 Å². The van der Waals surface area contributed by atoms with Crippen LogP contribution in [0.5, 0.6) is 11.5 Å². The van der Waals surface area contributed by atoms with Gasteiger partial charge >= 0.3 is 0 Å². The summed E-state index contributed by atoms with van der Waals surface area (Å²) in [5.74, 6) is 1.25. The summed E-state index contributed by atoms with van der Waals surface area (Å²) in [4.78, 5) is 0. The lowest BCUT2D eigenvalue weighted by Gasteiger charge is -2.11. The van der Waals surface area contributed by atoms with Crippen LogP contribution in [0.15, 0.2) is 30.9 Å². The van der Waals surface area contributed by atoms with Crippen LogP contribution in [0.4, 0.5) is 0 Å². The second kappa shape index (κ2) is 6.21. The van der Waals surface area contributed by atoms with Crippen molar-refractivity contribution >= 4 is 0 Å². The third-order valence-electron chi connectivity index (χ3n) is 2.91. The summed E-state index contributed by atoms with van der Waals surface area (Å²) in [6.45, 7) is 4.02. The summed E-state index contributed by atoms with van der Waals surface area (Å²) >= 11 is 0. The van der Waals surface area contributed by atoms with Crippen LogP contribution in [0.25, 0.3) is 11.3 Å². The van der Waals surface area contributed by atoms with Crippen molar-refractivity contribution < 1.29 is 14.6 Å². The van der Waals surface area contributed by atoms with Gasteiger partial charge in [-0.15, -0.1) is 11.7 Å². The molecular formula is C14H17N3O3. The lowest BCUT2D eigenvalue weighted by molar-refractivity contribution is 0.277. The molecule has 0 unspecified atom stereocenters. The van der Waals surface area contributed by atoms with E-state index in [0.717, 1.165) is 11.3 Å². The summed E-state index contributed by atoms with van der Waals surface area (Å²) in [5, 5.41) is 17.4. The molecule has 0 bridgehead atoms. The number of methoxy groups -OCH3 is 2. The fourth-order valence-corrected chi connectivity index (χ4v) is 2.00.